The summed E-state index contributed by atoms with van der Waals surface area (Å²) >= 11 is 0. The molecule has 120 valence electrons. The minimum atomic E-state index is -1.31. The lowest BCUT2D eigenvalue weighted by atomic mass is 9.73. The van der Waals surface area contributed by atoms with Gasteiger partial charge in [0.25, 0.3) is 5.91 Å². The van der Waals surface area contributed by atoms with Crippen molar-refractivity contribution in [1.29, 1.82) is 0 Å². The average Bonchev–Trinajstić information content (AvgIpc) is 2.48. The van der Waals surface area contributed by atoms with Gasteiger partial charge in [-0.1, -0.05) is 18.6 Å². The van der Waals surface area contributed by atoms with Gasteiger partial charge in [-0.25, -0.2) is 0 Å². The van der Waals surface area contributed by atoms with Crippen LogP contribution in [-0.2, 0) is 4.79 Å². The van der Waals surface area contributed by atoms with Crippen LogP contribution in [0.4, 0.5) is 5.69 Å². The predicted octanol–water partition coefficient (Wildman–Crippen LogP) is 3.55. The van der Waals surface area contributed by atoms with Gasteiger partial charge >= 0.3 is 0 Å². The molecule has 2 N–H and O–H groups in total. The summed E-state index contributed by atoms with van der Waals surface area (Å²) in [6.45, 7) is 3.63. The SMILES string of the molecule is Cc1ccc(NC(=O)C(C)(O)C2CCC2)cc1-c1ccccn1. The van der Waals surface area contributed by atoms with Crippen molar-refractivity contribution in [2.45, 2.75) is 38.7 Å². The number of nitrogens with one attached hydrogen (secondary N) is 1. The Bertz CT molecular complexity index is 707. The molecule has 1 aliphatic rings. The Labute approximate surface area is 136 Å². The minimum absolute atomic E-state index is 0.0585. The summed E-state index contributed by atoms with van der Waals surface area (Å²) in [5, 5.41) is 13.3. The van der Waals surface area contributed by atoms with E-state index in [2.05, 4.69) is 10.3 Å². The second-order valence-electron chi connectivity index (χ2n) is 6.47. The van der Waals surface area contributed by atoms with E-state index < -0.39 is 5.60 Å². The molecule has 2 aromatic rings. The summed E-state index contributed by atoms with van der Waals surface area (Å²) in [7, 11) is 0. The number of rotatable bonds is 4. The Morgan fingerprint density at radius 3 is 2.70 bits per heavy atom. The number of amides is 1. The zero-order chi connectivity index (χ0) is 16.4. The van der Waals surface area contributed by atoms with Gasteiger partial charge in [-0.15, -0.1) is 0 Å². The number of hydrogen-bond donors (Lipinski definition) is 2. The van der Waals surface area contributed by atoms with Gasteiger partial charge in [-0.3, -0.25) is 9.78 Å². The zero-order valence-electron chi connectivity index (χ0n) is 13.5. The van der Waals surface area contributed by atoms with E-state index >= 15 is 0 Å². The summed E-state index contributed by atoms with van der Waals surface area (Å²) in [4.78, 5) is 16.8. The third kappa shape index (κ3) is 3.13. The van der Waals surface area contributed by atoms with Crippen LogP contribution in [-0.4, -0.2) is 21.6 Å². The standard InChI is InChI=1S/C19H22N2O2/c1-13-9-10-15(12-16(13)17-8-3-4-11-20-17)21-18(22)19(2,23)14-6-5-7-14/h3-4,8-12,14,23H,5-7H2,1-2H3,(H,21,22). The molecular weight excluding hydrogens is 288 g/mol. The minimum Gasteiger partial charge on any atom is -0.380 e. The molecule has 1 amide bonds. The second kappa shape index (κ2) is 6.13. The molecule has 1 unspecified atom stereocenters. The summed E-state index contributed by atoms with van der Waals surface area (Å²) in [5.41, 5.74) is 2.31. The number of carbonyl (C=O) groups excluding carboxylic acids is 1. The lowest BCUT2D eigenvalue weighted by Crippen LogP contribution is -2.49. The smallest absolute Gasteiger partial charge is 0.256 e. The molecule has 0 radical (unpaired) electrons. The predicted molar refractivity (Wildman–Crippen MR) is 91.0 cm³/mol. The summed E-state index contributed by atoms with van der Waals surface area (Å²) in [6, 6.07) is 11.5. The molecule has 1 aliphatic carbocycles. The van der Waals surface area contributed by atoms with Crippen molar-refractivity contribution in [2.75, 3.05) is 5.32 Å². The van der Waals surface area contributed by atoms with Crippen LogP contribution in [0.15, 0.2) is 42.6 Å². The highest BCUT2D eigenvalue weighted by atomic mass is 16.3. The van der Waals surface area contributed by atoms with E-state index in [0.717, 1.165) is 36.1 Å². The van der Waals surface area contributed by atoms with Gasteiger partial charge in [0.2, 0.25) is 0 Å². The molecule has 1 heterocycles. The molecule has 1 aromatic heterocycles. The average molecular weight is 310 g/mol. The Hall–Kier alpha value is -2.20. The lowest BCUT2D eigenvalue weighted by Gasteiger charge is -2.37. The highest BCUT2D eigenvalue weighted by Gasteiger charge is 2.42. The van der Waals surface area contributed by atoms with E-state index in [9.17, 15) is 9.90 Å². The lowest BCUT2D eigenvalue weighted by molar-refractivity contribution is -0.141. The Morgan fingerprint density at radius 1 is 1.30 bits per heavy atom. The maximum absolute atomic E-state index is 12.4. The van der Waals surface area contributed by atoms with Crippen LogP contribution in [0, 0.1) is 12.8 Å². The van der Waals surface area contributed by atoms with Crippen LogP contribution in [0.3, 0.4) is 0 Å². The van der Waals surface area contributed by atoms with Crippen LogP contribution in [0.5, 0.6) is 0 Å². The summed E-state index contributed by atoms with van der Waals surface area (Å²) < 4.78 is 0. The third-order valence-electron chi connectivity index (χ3n) is 4.80. The van der Waals surface area contributed by atoms with Crippen LogP contribution >= 0.6 is 0 Å². The molecule has 1 fully saturated rings. The van der Waals surface area contributed by atoms with Crippen molar-refractivity contribution in [1.82, 2.24) is 4.98 Å². The number of hydrogen-bond acceptors (Lipinski definition) is 3. The molecule has 4 heteroatoms. The van der Waals surface area contributed by atoms with Crippen molar-refractivity contribution < 1.29 is 9.90 Å². The molecule has 0 spiro atoms. The Morgan fingerprint density at radius 2 is 2.09 bits per heavy atom. The van der Waals surface area contributed by atoms with E-state index in [1.54, 1.807) is 13.1 Å². The summed E-state index contributed by atoms with van der Waals surface area (Å²) in [5.74, 6) is -0.277. The van der Waals surface area contributed by atoms with Gasteiger partial charge in [0.05, 0.1) is 5.69 Å². The first-order chi connectivity index (χ1) is 11.0. The Balaban J connectivity index is 1.82. The number of aryl methyl sites for hydroxylation is 1. The molecule has 1 atom stereocenters. The number of carbonyl (C=O) groups is 1. The van der Waals surface area contributed by atoms with Crippen molar-refractivity contribution in [3.05, 3.63) is 48.2 Å². The molecule has 0 saturated heterocycles. The highest BCUT2D eigenvalue weighted by Crippen LogP contribution is 2.37. The topological polar surface area (TPSA) is 62.2 Å². The molecule has 0 aliphatic heterocycles. The van der Waals surface area contributed by atoms with Gasteiger partial charge in [0.15, 0.2) is 0 Å². The fourth-order valence-corrected chi connectivity index (χ4v) is 2.91. The van der Waals surface area contributed by atoms with Gasteiger partial charge in [-0.05, 0) is 62.4 Å². The molecule has 1 aromatic carbocycles. The number of benzene rings is 1. The van der Waals surface area contributed by atoms with Crippen molar-refractivity contribution in [3.8, 4) is 11.3 Å². The van der Waals surface area contributed by atoms with Crippen LogP contribution in [0.2, 0.25) is 0 Å². The first-order valence-corrected chi connectivity index (χ1v) is 8.04. The van der Waals surface area contributed by atoms with E-state index in [-0.39, 0.29) is 11.8 Å². The fraction of sp³-hybridized carbons (Fsp3) is 0.368. The van der Waals surface area contributed by atoms with Crippen LogP contribution < -0.4 is 5.32 Å². The third-order valence-corrected chi connectivity index (χ3v) is 4.80. The van der Waals surface area contributed by atoms with E-state index in [1.807, 2.05) is 43.3 Å². The largest absolute Gasteiger partial charge is 0.380 e. The first kappa shape index (κ1) is 15.7. The van der Waals surface area contributed by atoms with Gasteiger partial charge in [-0.2, -0.15) is 0 Å². The quantitative estimate of drug-likeness (QED) is 0.908. The number of aliphatic hydroxyl groups is 1. The van der Waals surface area contributed by atoms with Gasteiger partial charge < -0.3 is 10.4 Å². The second-order valence-corrected chi connectivity index (χ2v) is 6.47. The number of nitrogens with zero attached hydrogens (tertiary/aromatic N) is 1. The van der Waals surface area contributed by atoms with Crippen molar-refractivity contribution >= 4 is 11.6 Å². The maximum Gasteiger partial charge on any atom is 0.256 e. The van der Waals surface area contributed by atoms with Crippen LogP contribution in [0.1, 0.15) is 31.7 Å². The van der Waals surface area contributed by atoms with Gasteiger partial charge in [0.1, 0.15) is 5.60 Å². The molecule has 3 rings (SSSR count). The van der Waals surface area contributed by atoms with E-state index in [0.29, 0.717) is 5.69 Å². The zero-order valence-corrected chi connectivity index (χ0v) is 13.5. The maximum atomic E-state index is 12.4. The van der Waals surface area contributed by atoms with E-state index in [4.69, 9.17) is 0 Å². The number of pyridine rings is 1. The molecule has 0 bridgehead atoms. The molecular formula is C19H22N2O2. The summed E-state index contributed by atoms with van der Waals surface area (Å²) in [6.07, 6.45) is 4.66. The monoisotopic (exact) mass is 310 g/mol. The molecule has 1 saturated carbocycles. The fourth-order valence-electron chi connectivity index (χ4n) is 2.91. The normalized spacial score (nSPS) is 17.2. The van der Waals surface area contributed by atoms with Crippen molar-refractivity contribution in [2.24, 2.45) is 5.92 Å². The van der Waals surface area contributed by atoms with Gasteiger partial charge in [0, 0.05) is 17.4 Å². The highest BCUT2D eigenvalue weighted by molar-refractivity contribution is 5.97. The van der Waals surface area contributed by atoms with Crippen LogP contribution in [0.25, 0.3) is 11.3 Å². The van der Waals surface area contributed by atoms with Crippen molar-refractivity contribution in [3.63, 3.8) is 0 Å². The number of anilines is 1. The molecule has 4 nitrogen and oxygen atoms in total. The first-order valence-electron chi connectivity index (χ1n) is 8.04. The van der Waals surface area contributed by atoms with E-state index in [1.165, 1.54) is 0 Å². The molecule has 23 heavy (non-hydrogen) atoms. The number of aromatic nitrogens is 1. The Kier molecular flexibility index (Phi) is 4.18.